The molecular weight excluding hydrogens is 286 g/mol. The summed E-state index contributed by atoms with van der Waals surface area (Å²) in [4.78, 5) is 14.8. The molecule has 9 heteroatoms. The van der Waals surface area contributed by atoms with E-state index in [1.54, 1.807) is 0 Å². The van der Waals surface area contributed by atoms with Gasteiger partial charge in [0.1, 0.15) is 12.4 Å². The van der Waals surface area contributed by atoms with Gasteiger partial charge < -0.3 is 14.2 Å². The van der Waals surface area contributed by atoms with Crippen LogP contribution in [-0.2, 0) is 22.6 Å². The molecule has 1 heterocycles. The molecule has 0 saturated heterocycles. The second kappa shape index (κ2) is 6.40. The van der Waals surface area contributed by atoms with Gasteiger partial charge in [-0.3, -0.25) is 4.79 Å². The van der Waals surface area contributed by atoms with Crippen LogP contribution in [-0.4, -0.2) is 31.5 Å². The van der Waals surface area contributed by atoms with Crippen LogP contribution in [0.2, 0.25) is 0 Å². The summed E-state index contributed by atoms with van der Waals surface area (Å²) in [6.07, 6.45) is -5.40. The fourth-order valence-corrected chi connectivity index (χ4v) is 1.39. The Labute approximate surface area is 111 Å². The van der Waals surface area contributed by atoms with Crippen LogP contribution < -0.4 is 9.47 Å². The second-order valence-corrected chi connectivity index (χ2v) is 3.53. The fourth-order valence-electron chi connectivity index (χ4n) is 1.39. The Kier molecular flexibility index (Phi) is 5.12. The lowest BCUT2D eigenvalue weighted by atomic mass is 10.2. The van der Waals surface area contributed by atoms with Crippen LogP contribution in [0, 0.1) is 0 Å². The SMILES string of the molecule is COC(=O)Cc1cc(OC(F)(F)F)c(CF)c(OC)n1. The van der Waals surface area contributed by atoms with Gasteiger partial charge in [-0.2, -0.15) is 0 Å². The van der Waals surface area contributed by atoms with E-state index in [-0.39, 0.29) is 11.6 Å². The molecular formula is C11H11F4NO4. The summed E-state index contributed by atoms with van der Waals surface area (Å²) in [7, 11) is 2.23. The number of nitrogens with zero attached hydrogens (tertiary/aromatic N) is 1. The number of ether oxygens (including phenoxy) is 3. The first-order chi connectivity index (χ1) is 9.30. The minimum Gasteiger partial charge on any atom is -0.481 e. The average Bonchev–Trinajstić information content (AvgIpc) is 2.36. The van der Waals surface area contributed by atoms with Crippen molar-refractivity contribution in [1.29, 1.82) is 0 Å². The van der Waals surface area contributed by atoms with Gasteiger partial charge in [-0.05, 0) is 0 Å². The average molecular weight is 297 g/mol. The quantitative estimate of drug-likeness (QED) is 0.616. The molecule has 0 fully saturated rings. The van der Waals surface area contributed by atoms with E-state index < -0.39 is 36.7 Å². The minimum atomic E-state index is -5.00. The van der Waals surface area contributed by atoms with Crippen LogP contribution >= 0.6 is 0 Å². The molecule has 0 aliphatic heterocycles. The first-order valence-electron chi connectivity index (χ1n) is 5.26. The van der Waals surface area contributed by atoms with Gasteiger partial charge in [0.25, 0.3) is 0 Å². The summed E-state index contributed by atoms with van der Waals surface area (Å²) in [5.41, 5.74) is -0.580. The fraction of sp³-hybridized carbons (Fsp3) is 0.455. The Morgan fingerprint density at radius 3 is 2.45 bits per heavy atom. The number of carbonyl (C=O) groups excluding carboxylic acids is 1. The lowest BCUT2D eigenvalue weighted by Crippen LogP contribution is -2.19. The highest BCUT2D eigenvalue weighted by Gasteiger charge is 2.33. The summed E-state index contributed by atoms with van der Waals surface area (Å²) >= 11 is 0. The van der Waals surface area contributed by atoms with Crippen molar-refractivity contribution in [2.45, 2.75) is 19.5 Å². The van der Waals surface area contributed by atoms with Gasteiger partial charge in [0.05, 0.1) is 31.9 Å². The monoisotopic (exact) mass is 297 g/mol. The number of hydrogen-bond acceptors (Lipinski definition) is 5. The highest BCUT2D eigenvalue weighted by atomic mass is 19.4. The number of rotatable bonds is 5. The van der Waals surface area contributed by atoms with Gasteiger partial charge in [0.2, 0.25) is 5.88 Å². The normalized spacial score (nSPS) is 11.1. The smallest absolute Gasteiger partial charge is 0.481 e. The van der Waals surface area contributed by atoms with Gasteiger partial charge in [0.15, 0.2) is 0 Å². The van der Waals surface area contributed by atoms with Crippen LogP contribution in [0.15, 0.2) is 6.07 Å². The maximum Gasteiger partial charge on any atom is 0.573 e. The molecule has 5 nitrogen and oxygen atoms in total. The highest BCUT2D eigenvalue weighted by molar-refractivity contribution is 5.72. The van der Waals surface area contributed by atoms with Crippen LogP contribution in [0.4, 0.5) is 17.6 Å². The molecule has 0 N–H and O–H groups in total. The molecule has 0 atom stereocenters. The molecule has 0 unspecified atom stereocenters. The minimum absolute atomic E-state index is 0.0925. The molecule has 0 amide bonds. The molecule has 0 aromatic carbocycles. The van der Waals surface area contributed by atoms with Gasteiger partial charge in [-0.25, -0.2) is 9.37 Å². The standard InChI is InChI=1S/C11H11F4NO4/c1-18-9(17)4-6-3-8(20-11(13,14)15)7(5-12)10(16-6)19-2/h3H,4-5H2,1-2H3. The van der Waals surface area contributed by atoms with Gasteiger partial charge >= 0.3 is 12.3 Å². The van der Waals surface area contributed by atoms with E-state index >= 15 is 0 Å². The maximum absolute atomic E-state index is 12.8. The zero-order valence-electron chi connectivity index (χ0n) is 10.6. The molecule has 0 aliphatic rings. The number of esters is 1. The predicted molar refractivity (Wildman–Crippen MR) is 58.0 cm³/mol. The third-order valence-corrected chi connectivity index (χ3v) is 2.20. The van der Waals surface area contributed by atoms with Gasteiger partial charge in [0, 0.05) is 6.07 Å². The molecule has 0 radical (unpaired) electrons. The maximum atomic E-state index is 12.8. The lowest BCUT2D eigenvalue weighted by molar-refractivity contribution is -0.275. The highest BCUT2D eigenvalue weighted by Crippen LogP contribution is 2.33. The van der Waals surface area contributed by atoms with Crippen molar-refractivity contribution in [2.75, 3.05) is 14.2 Å². The number of hydrogen-bond donors (Lipinski definition) is 0. The summed E-state index contributed by atoms with van der Waals surface area (Å²) in [5.74, 6) is -1.90. The van der Waals surface area contributed by atoms with Crippen LogP contribution in [0.3, 0.4) is 0 Å². The lowest BCUT2D eigenvalue weighted by Gasteiger charge is -2.15. The van der Waals surface area contributed by atoms with E-state index in [4.69, 9.17) is 4.74 Å². The number of alkyl halides is 4. The number of carbonyl (C=O) groups is 1. The Morgan fingerprint density at radius 1 is 1.35 bits per heavy atom. The third kappa shape index (κ3) is 4.25. The topological polar surface area (TPSA) is 57.7 Å². The number of pyridine rings is 1. The number of methoxy groups -OCH3 is 2. The largest absolute Gasteiger partial charge is 0.573 e. The van der Waals surface area contributed by atoms with E-state index in [1.807, 2.05) is 0 Å². The summed E-state index contributed by atoms with van der Waals surface area (Å²) in [6, 6.07) is 0.821. The summed E-state index contributed by atoms with van der Waals surface area (Å²) < 4.78 is 62.4. The van der Waals surface area contributed by atoms with E-state index in [2.05, 4.69) is 14.5 Å². The van der Waals surface area contributed by atoms with Gasteiger partial charge in [-0.15, -0.1) is 13.2 Å². The van der Waals surface area contributed by atoms with E-state index in [0.717, 1.165) is 20.3 Å². The van der Waals surface area contributed by atoms with Crippen LogP contribution in [0.5, 0.6) is 11.6 Å². The summed E-state index contributed by atoms with van der Waals surface area (Å²) in [5, 5.41) is 0. The van der Waals surface area contributed by atoms with Crippen molar-refractivity contribution in [2.24, 2.45) is 0 Å². The Balaban J connectivity index is 3.23. The van der Waals surface area contributed by atoms with E-state index in [1.165, 1.54) is 0 Å². The Morgan fingerprint density at radius 2 is 2.00 bits per heavy atom. The Bertz CT molecular complexity index is 490. The van der Waals surface area contributed by atoms with Crippen LogP contribution in [0.25, 0.3) is 0 Å². The van der Waals surface area contributed by atoms with Crippen molar-refractivity contribution in [3.8, 4) is 11.6 Å². The number of halogens is 4. The molecule has 1 rings (SSSR count). The molecule has 0 bridgehead atoms. The van der Waals surface area contributed by atoms with Crippen LogP contribution in [0.1, 0.15) is 11.3 Å². The van der Waals surface area contributed by atoms with Crippen molar-refractivity contribution in [3.63, 3.8) is 0 Å². The zero-order chi connectivity index (χ0) is 15.3. The molecule has 0 aliphatic carbocycles. The molecule has 1 aromatic heterocycles. The van der Waals surface area contributed by atoms with E-state index in [9.17, 15) is 22.4 Å². The summed E-state index contributed by atoms with van der Waals surface area (Å²) in [6.45, 7) is -1.26. The predicted octanol–water partition coefficient (Wildman–Crippen LogP) is 2.17. The van der Waals surface area contributed by atoms with Crippen molar-refractivity contribution < 1.29 is 36.6 Å². The molecule has 0 spiro atoms. The van der Waals surface area contributed by atoms with Crippen molar-refractivity contribution in [1.82, 2.24) is 4.98 Å². The Hall–Kier alpha value is -2.06. The first-order valence-corrected chi connectivity index (χ1v) is 5.26. The van der Waals surface area contributed by atoms with Gasteiger partial charge in [-0.1, -0.05) is 0 Å². The molecule has 112 valence electrons. The first kappa shape index (κ1) is 16.0. The third-order valence-electron chi connectivity index (χ3n) is 2.20. The second-order valence-electron chi connectivity index (χ2n) is 3.53. The van der Waals surface area contributed by atoms with Crippen molar-refractivity contribution >= 4 is 5.97 Å². The van der Waals surface area contributed by atoms with Crippen molar-refractivity contribution in [3.05, 3.63) is 17.3 Å². The van der Waals surface area contributed by atoms with E-state index in [0.29, 0.717) is 0 Å². The number of aromatic nitrogens is 1. The molecule has 0 saturated carbocycles. The molecule has 20 heavy (non-hydrogen) atoms. The molecule has 1 aromatic rings. The zero-order valence-corrected chi connectivity index (χ0v) is 10.6.